The number of carbonyl (C=O) groups excluding carboxylic acids is 1. The third-order valence-corrected chi connectivity index (χ3v) is 3.84. The number of hydrogen-bond donors (Lipinski definition) is 1. The van der Waals surface area contributed by atoms with Crippen LogP contribution in [-0.4, -0.2) is 47.0 Å². The van der Waals surface area contributed by atoms with Crippen LogP contribution in [0.3, 0.4) is 0 Å². The van der Waals surface area contributed by atoms with Crippen molar-refractivity contribution >= 4 is 6.09 Å². The minimum Gasteiger partial charge on any atom is -0.444 e. The first-order valence-corrected chi connectivity index (χ1v) is 8.17. The summed E-state index contributed by atoms with van der Waals surface area (Å²) in [5, 5.41) is 9.75. The predicted octanol–water partition coefficient (Wildman–Crippen LogP) is 2.96. The molecule has 1 saturated heterocycles. The van der Waals surface area contributed by atoms with Crippen LogP contribution in [0.2, 0.25) is 0 Å². The van der Waals surface area contributed by atoms with Gasteiger partial charge in [0.1, 0.15) is 5.60 Å². The number of ether oxygens (including phenoxy) is 2. The van der Waals surface area contributed by atoms with Crippen molar-refractivity contribution in [2.45, 2.75) is 58.0 Å². The van der Waals surface area contributed by atoms with Crippen LogP contribution in [0.1, 0.15) is 39.2 Å². The number of amides is 1. The molecule has 5 heteroatoms. The van der Waals surface area contributed by atoms with Crippen LogP contribution < -0.4 is 0 Å². The maximum atomic E-state index is 12.3. The van der Waals surface area contributed by atoms with E-state index >= 15 is 0 Å². The molecule has 1 heterocycles. The number of rotatable bonds is 4. The van der Waals surface area contributed by atoms with Crippen molar-refractivity contribution in [1.29, 1.82) is 0 Å². The SMILES string of the molecule is CC(C)(C)OC(=O)N1CCC[C@H](OCc2ccccc2)[C@@H]1CO. The molecule has 0 aliphatic carbocycles. The lowest BCUT2D eigenvalue weighted by Crippen LogP contribution is -2.54. The molecular weight excluding hydrogens is 294 g/mol. The summed E-state index contributed by atoms with van der Waals surface area (Å²) in [6.45, 7) is 6.46. The molecule has 0 spiro atoms. The van der Waals surface area contributed by atoms with E-state index in [2.05, 4.69) is 0 Å². The molecule has 0 radical (unpaired) electrons. The third-order valence-electron chi connectivity index (χ3n) is 3.84. The van der Waals surface area contributed by atoms with Gasteiger partial charge in [0.05, 0.1) is 25.4 Å². The smallest absolute Gasteiger partial charge is 0.410 e. The average Bonchev–Trinajstić information content (AvgIpc) is 2.51. The van der Waals surface area contributed by atoms with E-state index in [1.54, 1.807) is 4.90 Å². The fourth-order valence-electron chi connectivity index (χ4n) is 2.76. The summed E-state index contributed by atoms with van der Waals surface area (Å²) in [6, 6.07) is 9.55. The third kappa shape index (κ3) is 5.22. The van der Waals surface area contributed by atoms with Crippen molar-refractivity contribution in [1.82, 2.24) is 4.90 Å². The zero-order chi connectivity index (χ0) is 16.9. The van der Waals surface area contributed by atoms with Crippen LogP contribution in [0.25, 0.3) is 0 Å². The van der Waals surface area contributed by atoms with E-state index in [-0.39, 0.29) is 24.8 Å². The van der Waals surface area contributed by atoms with Crippen molar-refractivity contribution in [3.05, 3.63) is 35.9 Å². The van der Waals surface area contributed by atoms with Crippen molar-refractivity contribution in [3.63, 3.8) is 0 Å². The number of piperidine rings is 1. The molecular formula is C18H27NO4. The zero-order valence-corrected chi connectivity index (χ0v) is 14.2. The molecule has 0 saturated carbocycles. The quantitative estimate of drug-likeness (QED) is 0.926. The highest BCUT2D eigenvalue weighted by molar-refractivity contribution is 5.68. The first-order chi connectivity index (χ1) is 10.9. The lowest BCUT2D eigenvalue weighted by molar-refractivity contribution is -0.0716. The Bertz CT molecular complexity index is 497. The number of likely N-dealkylation sites (tertiary alicyclic amines) is 1. The highest BCUT2D eigenvalue weighted by Gasteiger charge is 2.36. The van der Waals surface area contributed by atoms with Gasteiger partial charge in [0.25, 0.3) is 0 Å². The van der Waals surface area contributed by atoms with Crippen molar-refractivity contribution in [3.8, 4) is 0 Å². The molecule has 1 amide bonds. The van der Waals surface area contributed by atoms with Gasteiger partial charge in [-0.3, -0.25) is 0 Å². The number of carbonyl (C=O) groups is 1. The molecule has 0 bridgehead atoms. The summed E-state index contributed by atoms with van der Waals surface area (Å²) >= 11 is 0. The van der Waals surface area contributed by atoms with Crippen LogP contribution >= 0.6 is 0 Å². The maximum Gasteiger partial charge on any atom is 0.410 e. The van der Waals surface area contributed by atoms with Gasteiger partial charge in [-0.25, -0.2) is 4.79 Å². The van der Waals surface area contributed by atoms with Gasteiger partial charge in [-0.15, -0.1) is 0 Å². The number of nitrogens with zero attached hydrogens (tertiary/aromatic N) is 1. The lowest BCUT2D eigenvalue weighted by Gasteiger charge is -2.40. The fourth-order valence-corrected chi connectivity index (χ4v) is 2.76. The van der Waals surface area contributed by atoms with Gasteiger partial charge in [-0.2, -0.15) is 0 Å². The van der Waals surface area contributed by atoms with E-state index < -0.39 is 5.60 Å². The lowest BCUT2D eigenvalue weighted by atomic mass is 9.99. The minimum atomic E-state index is -0.547. The Morgan fingerprint density at radius 1 is 1.30 bits per heavy atom. The van der Waals surface area contributed by atoms with Crippen LogP contribution in [0, 0.1) is 0 Å². The van der Waals surface area contributed by atoms with E-state index in [1.165, 1.54) is 0 Å². The van der Waals surface area contributed by atoms with Crippen molar-refractivity contribution in [2.24, 2.45) is 0 Å². The Balaban J connectivity index is 1.98. The van der Waals surface area contributed by atoms with E-state index in [9.17, 15) is 9.90 Å². The second-order valence-electron chi connectivity index (χ2n) is 6.90. The molecule has 1 aliphatic heterocycles. The predicted molar refractivity (Wildman–Crippen MR) is 88.1 cm³/mol. The Kier molecular flexibility index (Phi) is 6.02. The largest absolute Gasteiger partial charge is 0.444 e. The van der Waals surface area contributed by atoms with Gasteiger partial charge in [-0.1, -0.05) is 30.3 Å². The highest BCUT2D eigenvalue weighted by Crippen LogP contribution is 2.23. The molecule has 1 fully saturated rings. The van der Waals surface area contributed by atoms with Crippen molar-refractivity contribution < 1.29 is 19.4 Å². The maximum absolute atomic E-state index is 12.3. The monoisotopic (exact) mass is 321 g/mol. The second kappa shape index (κ2) is 7.79. The van der Waals surface area contributed by atoms with Crippen LogP contribution in [-0.2, 0) is 16.1 Å². The normalized spacial score (nSPS) is 22.0. The van der Waals surface area contributed by atoms with Crippen LogP contribution in [0.5, 0.6) is 0 Å². The molecule has 0 unspecified atom stereocenters. The van der Waals surface area contributed by atoms with Crippen LogP contribution in [0.15, 0.2) is 30.3 Å². The fraction of sp³-hybridized carbons (Fsp3) is 0.611. The van der Waals surface area contributed by atoms with Gasteiger partial charge in [-0.05, 0) is 39.2 Å². The summed E-state index contributed by atoms with van der Waals surface area (Å²) in [5.41, 5.74) is 0.535. The van der Waals surface area contributed by atoms with E-state index in [0.29, 0.717) is 13.2 Å². The van der Waals surface area contributed by atoms with Crippen molar-refractivity contribution in [2.75, 3.05) is 13.2 Å². The molecule has 128 valence electrons. The molecule has 23 heavy (non-hydrogen) atoms. The first-order valence-electron chi connectivity index (χ1n) is 8.17. The van der Waals surface area contributed by atoms with Gasteiger partial charge >= 0.3 is 6.09 Å². The molecule has 2 rings (SSSR count). The summed E-state index contributed by atoms with van der Waals surface area (Å²) in [4.78, 5) is 13.9. The second-order valence-corrected chi connectivity index (χ2v) is 6.90. The van der Waals surface area contributed by atoms with E-state index in [1.807, 2.05) is 51.1 Å². The van der Waals surface area contributed by atoms with E-state index in [4.69, 9.17) is 9.47 Å². The average molecular weight is 321 g/mol. The Hall–Kier alpha value is -1.59. The summed E-state index contributed by atoms with van der Waals surface area (Å²) in [5.74, 6) is 0. The van der Waals surface area contributed by atoms with Gasteiger partial charge < -0.3 is 19.5 Å². The number of benzene rings is 1. The summed E-state index contributed by atoms with van der Waals surface area (Å²) in [6.07, 6.45) is 1.11. The molecule has 1 aromatic carbocycles. The molecule has 1 aromatic rings. The number of hydrogen-bond acceptors (Lipinski definition) is 4. The Morgan fingerprint density at radius 3 is 2.61 bits per heavy atom. The summed E-state index contributed by atoms with van der Waals surface area (Å²) in [7, 11) is 0. The molecule has 1 aliphatic rings. The number of aliphatic hydroxyl groups is 1. The molecule has 2 atom stereocenters. The first kappa shape index (κ1) is 17.8. The van der Waals surface area contributed by atoms with Gasteiger partial charge in [0.15, 0.2) is 0 Å². The molecule has 0 aromatic heterocycles. The highest BCUT2D eigenvalue weighted by atomic mass is 16.6. The van der Waals surface area contributed by atoms with Gasteiger partial charge in [0.2, 0.25) is 0 Å². The molecule has 5 nitrogen and oxygen atoms in total. The Labute approximate surface area is 138 Å². The topological polar surface area (TPSA) is 59.0 Å². The zero-order valence-electron chi connectivity index (χ0n) is 14.2. The summed E-state index contributed by atoms with van der Waals surface area (Å²) < 4.78 is 11.4. The Morgan fingerprint density at radius 2 is 2.00 bits per heavy atom. The van der Waals surface area contributed by atoms with Gasteiger partial charge in [0, 0.05) is 6.54 Å². The number of aliphatic hydroxyl groups excluding tert-OH is 1. The van der Waals surface area contributed by atoms with E-state index in [0.717, 1.165) is 18.4 Å². The van der Waals surface area contributed by atoms with Crippen LogP contribution in [0.4, 0.5) is 4.79 Å². The molecule has 1 N–H and O–H groups in total. The standard InChI is InChI=1S/C18H27NO4/c1-18(2,3)23-17(21)19-11-7-10-16(15(19)12-20)22-13-14-8-5-4-6-9-14/h4-6,8-9,15-16,20H,7,10-13H2,1-3H3/t15-,16-/m0/s1. The minimum absolute atomic E-state index is 0.126.